The summed E-state index contributed by atoms with van der Waals surface area (Å²) >= 11 is 0. The maximum Gasteiger partial charge on any atom is 0.256 e. The Bertz CT molecular complexity index is 1560. The molecule has 2 aromatic heterocycles. The largest absolute Gasteiger partial charge is 0.355 e. The van der Waals surface area contributed by atoms with Crippen molar-refractivity contribution in [1.29, 1.82) is 5.26 Å². The lowest BCUT2D eigenvalue weighted by Gasteiger charge is -2.12. The normalized spacial score (nSPS) is 10.4. The van der Waals surface area contributed by atoms with E-state index in [2.05, 4.69) is 32.0 Å². The van der Waals surface area contributed by atoms with Gasteiger partial charge < -0.3 is 16.0 Å². The van der Waals surface area contributed by atoms with Gasteiger partial charge in [0.1, 0.15) is 11.6 Å². The van der Waals surface area contributed by atoms with Crippen molar-refractivity contribution >= 4 is 45.5 Å². The number of anilines is 5. The van der Waals surface area contributed by atoms with Crippen LogP contribution in [0.4, 0.5) is 28.7 Å². The zero-order valence-corrected chi connectivity index (χ0v) is 18.6. The third-order valence-electron chi connectivity index (χ3n) is 5.31. The van der Waals surface area contributed by atoms with Crippen LogP contribution >= 0.6 is 0 Å². The quantitative estimate of drug-likeness (QED) is 0.279. The average molecular weight is 457 g/mol. The Kier molecular flexibility index (Phi) is 6.01. The van der Waals surface area contributed by atoms with Gasteiger partial charge in [-0.2, -0.15) is 5.26 Å². The number of hydrogen-bond acceptors (Lipinski definition) is 6. The lowest BCUT2D eigenvalue weighted by molar-refractivity contribution is 0.102. The summed E-state index contributed by atoms with van der Waals surface area (Å²) in [6.07, 6.45) is 1.70. The molecule has 7 heteroatoms. The van der Waals surface area contributed by atoms with Gasteiger partial charge in [-0.3, -0.25) is 9.78 Å². The molecule has 1 amide bonds. The van der Waals surface area contributed by atoms with Gasteiger partial charge in [-0.25, -0.2) is 4.98 Å². The van der Waals surface area contributed by atoms with Crippen LogP contribution in [0.3, 0.4) is 0 Å². The number of carbonyl (C=O) groups is 1. The molecule has 0 aliphatic carbocycles. The van der Waals surface area contributed by atoms with Crippen LogP contribution in [0.5, 0.6) is 0 Å². The van der Waals surface area contributed by atoms with Gasteiger partial charge in [-0.05, 0) is 66.7 Å². The summed E-state index contributed by atoms with van der Waals surface area (Å²) in [5.74, 6) is 0.800. The highest BCUT2D eigenvalue weighted by Gasteiger charge is 2.10. The Morgan fingerprint density at radius 1 is 0.771 bits per heavy atom. The number of benzene rings is 3. The molecule has 5 rings (SSSR count). The molecule has 168 valence electrons. The number of amides is 1. The number of nitrogens with one attached hydrogen (secondary N) is 3. The van der Waals surface area contributed by atoms with Crippen LogP contribution < -0.4 is 16.0 Å². The van der Waals surface area contributed by atoms with Gasteiger partial charge in [-0.15, -0.1) is 0 Å². The summed E-state index contributed by atoms with van der Waals surface area (Å²) in [6.45, 7) is 0. The van der Waals surface area contributed by atoms with E-state index in [0.717, 1.165) is 28.0 Å². The van der Waals surface area contributed by atoms with Crippen LogP contribution in [-0.4, -0.2) is 15.9 Å². The van der Waals surface area contributed by atoms with Gasteiger partial charge >= 0.3 is 0 Å². The second-order valence-corrected chi connectivity index (χ2v) is 7.76. The fourth-order valence-corrected chi connectivity index (χ4v) is 3.65. The topological polar surface area (TPSA) is 103 Å². The number of nitriles is 1. The van der Waals surface area contributed by atoms with E-state index < -0.39 is 0 Å². The molecule has 3 N–H and O–H groups in total. The van der Waals surface area contributed by atoms with Crippen molar-refractivity contribution in [2.45, 2.75) is 0 Å². The van der Waals surface area contributed by atoms with Crippen LogP contribution in [0.2, 0.25) is 0 Å². The molecular weight excluding hydrogens is 436 g/mol. The lowest BCUT2D eigenvalue weighted by Crippen LogP contribution is -2.13. The van der Waals surface area contributed by atoms with Crippen LogP contribution in [-0.2, 0) is 0 Å². The van der Waals surface area contributed by atoms with Crippen molar-refractivity contribution in [2.24, 2.45) is 0 Å². The predicted octanol–water partition coefficient (Wildman–Crippen LogP) is 6.24. The number of aromatic nitrogens is 2. The molecule has 0 spiro atoms. The maximum atomic E-state index is 12.9. The summed E-state index contributed by atoms with van der Waals surface area (Å²) in [5, 5.41) is 19.5. The van der Waals surface area contributed by atoms with E-state index in [0.29, 0.717) is 22.8 Å². The van der Waals surface area contributed by atoms with E-state index >= 15 is 0 Å². The predicted molar refractivity (Wildman–Crippen MR) is 138 cm³/mol. The number of carbonyl (C=O) groups excluding carboxylic acids is 1. The van der Waals surface area contributed by atoms with Crippen LogP contribution in [0.25, 0.3) is 10.9 Å². The number of hydrogen-bond donors (Lipinski definition) is 3. The minimum Gasteiger partial charge on any atom is -0.355 e. The van der Waals surface area contributed by atoms with E-state index in [1.54, 1.807) is 36.5 Å². The highest BCUT2D eigenvalue weighted by atomic mass is 16.1. The fraction of sp³-hybridized carbons (Fsp3) is 0. The van der Waals surface area contributed by atoms with Gasteiger partial charge in [0.25, 0.3) is 5.91 Å². The molecule has 0 bridgehead atoms. The van der Waals surface area contributed by atoms with Crippen molar-refractivity contribution < 1.29 is 4.79 Å². The second-order valence-electron chi connectivity index (χ2n) is 7.76. The smallest absolute Gasteiger partial charge is 0.256 e. The summed E-state index contributed by atoms with van der Waals surface area (Å²) in [4.78, 5) is 21.8. The fourth-order valence-electron chi connectivity index (χ4n) is 3.65. The van der Waals surface area contributed by atoms with E-state index in [1.165, 1.54) is 0 Å². The monoisotopic (exact) mass is 456 g/mol. The molecule has 0 unspecified atom stereocenters. The zero-order valence-electron chi connectivity index (χ0n) is 18.6. The molecule has 0 aliphatic rings. The molecule has 0 radical (unpaired) electrons. The van der Waals surface area contributed by atoms with Crippen molar-refractivity contribution in [3.05, 3.63) is 114 Å². The molecule has 35 heavy (non-hydrogen) atoms. The van der Waals surface area contributed by atoms with E-state index in [4.69, 9.17) is 0 Å². The summed E-state index contributed by atoms with van der Waals surface area (Å²) in [6, 6.07) is 31.6. The molecule has 0 aliphatic heterocycles. The van der Waals surface area contributed by atoms with Crippen molar-refractivity contribution in [2.75, 3.05) is 16.0 Å². The Morgan fingerprint density at radius 3 is 2.43 bits per heavy atom. The molecule has 0 fully saturated rings. The molecule has 7 nitrogen and oxygen atoms in total. The first-order valence-electron chi connectivity index (χ1n) is 10.9. The third kappa shape index (κ3) is 5.07. The Morgan fingerprint density at radius 2 is 1.57 bits per heavy atom. The van der Waals surface area contributed by atoms with E-state index in [1.807, 2.05) is 66.7 Å². The first kappa shape index (κ1) is 21.6. The number of fused-ring (bicyclic) bond motifs is 1. The highest BCUT2D eigenvalue weighted by Crippen LogP contribution is 2.26. The summed E-state index contributed by atoms with van der Waals surface area (Å²) in [7, 11) is 0. The van der Waals surface area contributed by atoms with Crippen LogP contribution in [0.15, 0.2) is 103 Å². The van der Waals surface area contributed by atoms with Crippen molar-refractivity contribution in [1.82, 2.24) is 9.97 Å². The number of rotatable bonds is 6. The minimum atomic E-state index is -0.274. The molecule has 0 saturated heterocycles. The SMILES string of the molecule is N#Cc1ccc2nccc(Nc3cccc(C(=O)Nc4cccc(Nc5ccccc5)n4)c3)c2c1. The highest BCUT2D eigenvalue weighted by molar-refractivity contribution is 6.04. The Balaban J connectivity index is 1.33. The van der Waals surface area contributed by atoms with Gasteiger partial charge in [0.2, 0.25) is 0 Å². The molecular formula is C28H20N6O. The number of nitrogens with zero attached hydrogens (tertiary/aromatic N) is 3. The minimum absolute atomic E-state index is 0.274. The van der Waals surface area contributed by atoms with Crippen molar-refractivity contribution in [3.8, 4) is 6.07 Å². The maximum absolute atomic E-state index is 12.9. The molecule has 3 aromatic carbocycles. The van der Waals surface area contributed by atoms with Gasteiger partial charge in [0.05, 0.1) is 17.1 Å². The van der Waals surface area contributed by atoms with Gasteiger partial charge in [0.15, 0.2) is 0 Å². The zero-order chi connectivity index (χ0) is 24.0. The summed E-state index contributed by atoms with van der Waals surface area (Å²) in [5.41, 5.74) is 4.25. The molecule has 2 heterocycles. The Hall–Kier alpha value is -5.22. The van der Waals surface area contributed by atoms with Gasteiger partial charge in [-0.1, -0.05) is 30.3 Å². The molecule has 0 atom stereocenters. The standard InChI is InChI=1S/C28H20N6O/c29-18-19-12-13-24-23(16-19)25(14-15-30-24)31-22-9-4-6-20(17-22)28(35)34-27-11-5-10-26(33-27)32-21-7-2-1-3-8-21/h1-17H,(H,30,31)(H2,32,33,34,35). The van der Waals surface area contributed by atoms with E-state index in [-0.39, 0.29) is 5.91 Å². The second kappa shape index (κ2) is 9.73. The van der Waals surface area contributed by atoms with Crippen molar-refractivity contribution in [3.63, 3.8) is 0 Å². The first-order chi connectivity index (χ1) is 17.2. The summed E-state index contributed by atoms with van der Waals surface area (Å²) < 4.78 is 0. The third-order valence-corrected chi connectivity index (χ3v) is 5.31. The molecule has 5 aromatic rings. The van der Waals surface area contributed by atoms with Gasteiger partial charge in [0, 0.05) is 34.2 Å². The lowest BCUT2D eigenvalue weighted by atomic mass is 10.1. The van der Waals surface area contributed by atoms with E-state index in [9.17, 15) is 10.1 Å². The number of pyridine rings is 2. The van der Waals surface area contributed by atoms with Crippen LogP contribution in [0, 0.1) is 11.3 Å². The molecule has 0 saturated carbocycles. The first-order valence-corrected chi connectivity index (χ1v) is 10.9. The average Bonchev–Trinajstić information content (AvgIpc) is 2.89. The van der Waals surface area contributed by atoms with Crippen LogP contribution in [0.1, 0.15) is 15.9 Å². The number of para-hydroxylation sites is 1. The Labute approximate surface area is 202 Å².